The van der Waals surface area contributed by atoms with Crippen LogP contribution >= 0.6 is 0 Å². The molecule has 0 amide bonds. The minimum absolute atomic E-state index is 0.581. The average Bonchev–Trinajstić information content (AvgIpc) is 2.44. The van der Waals surface area contributed by atoms with Crippen molar-refractivity contribution in [2.24, 2.45) is 16.7 Å². The zero-order valence-electron chi connectivity index (χ0n) is 9.48. The fraction of sp³-hybridized carbons (Fsp3) is 1.00. The SMILES string of the molecule is CC1(C)C(CC2CCCN2)C1(C)C. The van der Waals surface area contributed by atoms with Crippen molar-refractivity contribution in [1.82, 2.24) is 5.32 Å². The van der Waals surface area contributed by atoms with Crippen molar-refractivity contribution in [2.75, 3.05) is 6.54 Å². The third kappa shape index (κ3) is 1.32. The summed E-state index contributed by atoms with van der Waals surface area (Å²) in [4.78, 5) is 0. The van der Waals surface area contributed by atoms with E-state index in [0.717, 1.165) is 12.0 Å². The summed E-state index contributed by atoms with van der Waals surface area (Å²) in [5.74, 6) is 0.940. The van der Waals surface area contributed by atoms with Gasteiger partial charge in [0.1, 0.15) is 0 Å². The minimum Gasteiger partial charge on any atom is -0.314 e. The molecule has 1 unspecified atom stereocenters. The van der Waals surface area contributed by atoms with Gasteiger partial charge in [-0.05, 0) is 42.6 Å². The Morgan fingerprint density at radius 2 is 1.77 bits per heavy atom. The van der Waals surface area contributed by atoms with Gasteiger partial charge in [-0.25, -0.2) is 0 Å². The van der Waals surface area contributed by atoms with E-state index >= 15 is 0 Å². The number of hydrogen-bond acceptors (Lipinski definition) is 1. The summed E-state index contributed by atoms with van der Waals surface area (Å²) in [5, 5.41) is 3.60. The molecule has 0 radical (unpaired) electrons. The molecular formula is C12H23N. The van der Waals surface area contributed by atoms with Gasteiger partial charge in [0.25, 0.3) is 0 Å². The number of nitrogens with one attached hydrogen (secondary N) is 1. The van der Waals surface area contributed by atoms with Crippen LogP contribution in [0.1, 0.15) is 47.0 Å². The predicted molar refractivity (Wildman–Crippen MR) is 56.7 cm³/mol. The van der Waals surface area contributed by atoms with E-state index in [2.05, 4.69) is 33.0 Å². The van der Waals surface area contributed by atoms with Crippen LogP contribution in [-0.2, 0) is 0 Å². The van der Waals surface area contributed by atoms with E-state index in [-0.39, 0.29) is 0 Å². The van der Waals surface area contributed by atoms with Crippen LogP contribution in [0.15, 0.2) is 0 Å². The summed E-state index contributed by atoms with van der Waals surface area (Å²) in [7, 11) is 0. The smallest absolute Gasteiger partial charge is 0.00705 e. The van der Waals surface area contributed by atoms with Gasteiger partial charge in [-0.1, -0.05) is 27.7 Å². The third-order valence-electron chi connectivity index (χ3n) is 5.00. The van der Waals surface area contributed by atoms with E-state index in [1.54, 1.807) is 0 Å². The monoisotopic (exact) mass is 181 g/mol. The molecule has 0 bridgehead atoms. The summed E-state index contributed by atoms with van der Waals surface area (Å²) >= 11 is 0. The maximum Gasteiger partial charge on any atom is 0.00705 e. The highest BCUT2D eigenvalue weighted by atomic mass is 14.9. The fourth-order valence-electron chi connectivity index (χ4n) is 3.16. The molecule has 13 heavy (non-hydrogen) atoms. The van der Waals surface area contributed by atoms with E-state index in [4.69, 9.17) is 0 Å². The summed E-state index contributed by atoms with van der Waals surface area (Å²) in [5.41, 5.74) is 1.16. The summed E-state index contributed by atoms with van der Waals surface area (Å²) in [6.07, 6.45) is 4.20. The standard InChI is InChI=1S/C12H23N/c1-11(2)10(12(11,3)4)8-9-6-5-7-13-9/h9-10,13H,5-8H2,1-4H3. The van der Waals surface area contributed by atoms with Gasteiger partial charge in [0.2, 0.25) is 0 Å². The largest absolute Gasteiger partial charge is 0.314 e. The first-order valence-electron chi connectivity index (χ1n) is 5.69. The molecule has 0 aromatic carbocycles. The van der Waals surface area contributed by atoms with Gasteiger partial charge in [-0.2, -0.15) is 0 Å². The molecule has 0 spiro atoms. The van der Waals surface area contributed by atoms with E-state index in [1.807, 2.05) is 0 Å². The molecule has 1 saturated carbocycles. The Balaban J connectivity index is 1.90. The average molecular weight is 181 g/mol. The van der Waals surface area contributed by atoms with E-state index in [0.29, 0.717) is 10.8 Å². The molecule has 1 nitrogen and oxygen atoms in total. The second kappa shape index (κ2) is 2.73. The fourth-order valence-corrected chi connectivity index (χ4v) is 3.16. The first-order valence-corrected chi connectivity index (χ1v) is 5.69. The molecule has 1 aliphatic heterocycles. The van der Waals surface area contributed by atoms with Gasteiger partial charge >= 0.3 is 0 Å². The quantitative estimate of drug-likeness (QED) is 0.690. The Morgan fingerprint density at radius 1 is 1.15 bits per heavy atom. The molecule has 1 aliphatic carbocycles. The van der Waals surface area contributed by atoms with Crippen LogP contribution in [-0.4, -0.2) is 12.6 Å². The van der Waals surface area contributed by atoms with Crippen molar-refractivity contribution in [2.45, 2.75) is 53.0 Å². The van der Waals surface area contributed by atoms with Crippen LogP contribution in [0.5, 0.6) is 0 Å². The van der Waals surface area contributed by atoms with Crippen LogP contribution in [0.2, 0.25) is 0 Å². The lowest BCUT2D eigenvalue weighted by Gasteiger charge is -2.10. The molecule has 1 heteroatoms. The van der Waals surface area contributed by atoms with Crippen molar-refractivity contribution >= 4 is 0 Å². The summed E-state index contributed by atoms with van der Waals surface area (Å²) in [6.45, 7) is 10.9. The zero-order chi connectivity index (χ0) is 9.69. The van der Waals surface area contributed by atoms with Gasteiger partial charge in [-0.3, -0.25) is 0 Å². The topological polar surface area (TPSA) is 12.0 Å². The highest BCUT2D eigenvalue weighted by Gasteiger charge is 2.64. The van der Waals surface area contributed by atoms with E-state index in [1.165, 1.54) is 25.8 Å². The molecule has 2 aliphatic rings. The van der Waals surface area contributed by atoms with Crippen molar-refractivity contribution in [3.05, 3.63) is 0 Å². The van der Waals surface area contributed by atoms with Crippen LogP contribution in [0.25, 0.3) is 0 Å². The Labute approximate surface area is 82.3 Å². The van der Waals surface area contributed by atoms with E-state index < -0.39 is 0 Å². The Bertz CT molecular complexity index is 185. The van der Waals surface area contributed by atoms with Crippen molar-refractivity contribution < 1.29 is 0 Å². The highest BCUT2D eigenvalue weighted by Crippen LogP contribution is 2.70. The number of hydrogen-bond donors (Lipinski definition) is 1. The molecule has 2 fully saturated rings. The first kappa shape index (κ1) is 9.51. The summed E-state index contributed by atoms with van der Waals surface area (Å²) < 4.78 is 0. The lowest BCUT2D eigenvalue weighted by molar-refractivity contribution is 0.457. The van der Waals surface area contributed by atoms with Gasteiger partial charge in [0.05, 0.1) is 0 Å². The van der Waals surface area contributed by atoms with Gasteiger partial charge in [0.15, 0.2) is 0 Å². The number of rotatable bonds is 2. The predicted octanol–water partition coefficient (Wildman–Crippen LogP) is 2.81. The molecule has 2 rings (SSSR count). The molecule has 1 atom stereocenters. The molecule has 0 aromatic heterocycles. The maximum atomic E-state index is 3.60. The van der Waals surface area contributed by atoms with E-state index in [9.17, 15) is 0 Å². The van der Waals surface area contributed by atoms with Gasteiger partial charge < -0.3 is 5.32 Å². The molecule has 1 heterocycles. The molecule has 1 N–H and O–H groups in total. The maximum absolute atomic E-state index is 3.60. The molecule has 0 aromatic rings. The molecular weight excluding hydrogens is 158 g/mol. The minimum atomic E-state index is 0.581. The van der Waals surface area contributed by atoms with Crippen molar-refractivity contribution in [3.63, 3.8) is 0 Å². The highest BCUT2D eigenvalue weighted by molar-refractivity contribution is 5.13. The van der Waals surface area contributed by atoms with Gasteiger partial charge in [0, 0.05) is 6.04 Å². The zero-order valence-corrected chi connectivity index (χ0v) is 9.48. The Hall–Kier alpha value is -0.0400. The Kier molecular flexibility index (Phi) is 1.99. The van der Waals surface area contributed by atoms with Gasteiger partial charge in [-0.15, -0.1) is 0 Å². The van der Waals surface area contributed by atoms with Crippen LogP contribution in [0.3, 0.4) is 0 Å². The van der Waals surface area contributed by atoms with Crippen LogP contribution in [0, 0.1) is 16.7 Å². The second-order valence-electron chi connectivity index (χ2n) is 6.02. The van der Waals surface area contributed by atoms with Crippen LogP contribution < -0.4 is 5.32 Å². The van der Waals surface area contributed by atoms with Crippen LogP contribution in [0.4, 0.5) is 0 Å². The molecule has 76 valence electrons. The third-order valence-corrected chi connectivity index (χ3v) is 5.00. The Morgan fingerprint density at radius 3 is 2.15 bits per heavy atom. The summed E-state index contributed by atoms with van der Waals surface area (Å²) in [6, 6.07) is 0.825. The second-order valence-corrected chi connectivity index (χ2v) is 6.02. The van der Waals surface area contributed by atoms with Crippen molar-refractivity contribution in [1.29, 1.82) is 0 Å². The lowest BCUT2D eigenvalue weighted by Crippen LogP contribution is -2.22. The molecule has 1 saturated heterocycles. The normalized spacial score (nSPS) is 36.5. The van der Waals surface area contributed by atoms with Crippen molar-refractivity contribution in [3.8, 4) is 0 Å². The first-order chi connectivity index (χ1) is 5.96. The lowest BCUT2D eigenvalue weighted by atomic mass is 10.0.